The lowest BCUT2D eigenvalue weighted by Crippen LogP contribution is -2.24. The molecule has 2 rings (SSSR count). The molecule has 0 saturated heterocycles. The van der Waals surface area contributed by atoms with Gasteiger partial charge in [-0.05, 0) is 31.4 Å². The summed E-state index contributed by atoms with van der Waals surface area (Å²) in [5.41, 5.74) is 1.29. The average Bonchev–Trinajstić information content (AvgIpc) is 2.95. The number of hydrogen-bond acceptors (Lipinski definition) is 3. The molecule has 1 N–H and O–H groups in total. The lowest BCUT2D eigenvalue weighted by molar-refractivity contribution is 0.0605. The Bertz CT molecular complexity index is 318. The fourth-order valence-electron chi connectivity index (χ4n) is 2.31. The molecule has 1 aliphatic rings. The topological polar surface area (TPSA) is 39.1 Å². The molecule has 0 unspecified atom stereocenters. The van der Waals surface area contributed by atoms with Gasteiger partial charge in [-0.25, -0.2) is 0 Å². The molecule has 17 heavy (non-hydrogen) atoms. The Balaban J connectivity index is 1.46. The van der Waals surface area contributed by atoms with E-state index in [-0.39, 0.29) is 0 Å². The van der Waals surface area contributed by atoms with Crippen LogP contribution in [0.3, 0.4) is 0 Å². The van der Waals surface area contributed by atoms with Gasteiger partial charge in [0, 0.05) is 19.8 Å². The standard InChI is InChI=1S/C13H23N3O/c1-16-11-12(10-15-16)6-7-14-8-9-17-13-4-2-3-5-13/h10-11,13-14H,2-9H2,1H3. The van der Waals surface area contributed by atoms with Crippen molar-refractivity contribution >= 4 is 0 Å². The van der Waals surface area contributed by atoms with Crippen molar-refractivity contribution in [2.75, 3.05) is 19.7 Å². The summed E-state index contributed by atoms with van der Waals surface area (Å²) in [5, 5.41) is 7.55. The van der Waals surface area contributed by atoms with Crippen LogP contribution in [0.4, 0.5) is 0 Å². The Hall–Kier alpha value is -0.870. The molecule has 1 fully saturated rings. The number of nitrogens with one attached hydrogen (secondary N) is 1. The van der Waals surface area contributed by atoms with Crippen molar-refractivity contribution in [3.05, 3.63) is 18.0 Å². The minimum absolute atomic E-state index is 0.537. The molecular weight excluding hydrogens is 214 g/mol. The van der Waals surface area contributed by atoms with Crippen molar-refractivity contribution in [3.8, 4) is 0 Å². The first-order valence-electron chi connectivity index (χ1n) is 6.64. The quantitative estimate of drug-likeness (QED) is 0.731. The SMILES string of the molecule is Cn1cc(CCNCCOC2CCCC2)cn1. The number of rotatable bonds is 7. The van der Waals surface area contributed by atoms with E-state index in [1.165, 1.54) is 31.2 Å². The van der Waals surface area contributed by atoms with Crippen LogP contribution in [0, 0.1) is 0 Å². The van der Waals surface area contributed by atoms with Gasteiger partial charge in [-0.3, -0.25) is 4.68 Å². The van der Waals surface area contributed by atoms with Gasteiger partial charge >= 0.3 is 0 Å². The van der Waals surface area contributed by atoms with E-state index in [2.05, 4.69) is 16.6 Å². The van der Waals surface area contributed by atoms with Gasteiger partial charge in [0.2, 0.25) is 0 Å². The summed E-state index contributed by atoms with van der Waals surface area (Å²) >= 11 is 0. The fraction of sp³-hybridized carbons (Fsp3) is 0.769. The molecule has 1 saturated carbocycles. The van der Waals surface area contributed by atoms with Gasteiger partial charge < -0.3 is 10.1 Å². The van der Waals surface area contributed by atoms with E-state index in [1.807, 2.05) is 17.9 Å². The molecule has 1 heterocycles. The zero-order chi connectivity index (χ0) is 11.9. The van der Waals surface area contributed by atoms with Crippen molar-refractivity contribution in [1.29, 1.82) is 0 Å². The van der Waals surface area contributed by atoms with E-state index in [1.54, 1.807) is 0 Å². The van der Waals surface area contributed by atoms with Gasteiger partial charge in [0.1, 0.15) is 0 Å². The largest absolute Gasteiger partial charge is 0.377 e. The smallest absolute Gasteiger partial charge is 0.0594 e. The number of aromatic nitrogens is 2. The molecule has 1 aliphatic carbocycles. The van der Waals surface area contributed by atoms with Gasteiger partial charge in [-0.15, -0.1) is 0 Å². The van der Waals surface area contributed by atoms with E-state index in [0.29, 0.717) is 6.10 Å². The summed E-state index contributed by atoms with van der Waals surface area (Å²) in [6.45, 7) is 2.80. The summed E-state index contributed by atoms with van der Waals surface area (Å²) < 4.78 is 7.63. The predicted octanol–water partition coefficient (Wildman–Crippen LogP) is 1.51. The molecular formula is C13H23N3O. The highest BCUT2D eigenvalue weighted by Crippen LogP contribution is 2.20. The molecule has 0 atom stereocenters. The van der Waals surface area contributed by atoms with Crippen LogP contribution in [0.2, 0.25) is 0 Å². The number of ether oxygens (including phenoxy) is 1. The minimum atomic E-state index is 0.537. The van der Waals surface area contributed by atoms with Crippen LogP contribution in [0.15, 0.2) is 12.4 Å². The lowest BCUT2D eigenvalue weighted by atomic mass is 10.2. The van der Waals surface area contributed by atoms with Crippen molar-refractivity contribution in [2.45, 2.75) is 38.2 Å². The lowest BCUT2D eigenvalue weighted by Gasteiger charge is -2.11. The second kappa shape index (κ2) is 6.77. The molecule has 1 aromatic rings. The van der Waals surface area contributed by atoms with Crippen LogP contribution >= 0.6 is 0 Å². The van der Waals surface area contributed by atoms with Crippen molar-refractivity contribution < 1.29 is 4.74 Å². The highest BCUT2D eigenvalue weighted by Gasteiger charge is 2.14. The van der Waals surface area contributed by atoms with Crippen LogP contribution < -0.4 is 5.32 Å². The summed E-state index contributed by atoms with van der Waals surface area (Å²) in [4.78, 5) is 0. The molecule has 0 radical (unpaired) electrons. The normalized spacial score (nSPS) is 16.8. The Morgan fingerprint density at radius 1 is 1.41 bits per heavy atom. The third-order valence-corrected chi connectivity index (χ3v) is 3.28. The molecule has 96 valence electrons. The maximum atomic E-state index is 5.78. The molecule has 4 nitrogen and oxygen atoms in total. The van der Waals surface area contributed by atoms with Crippen LogP contribution in [0.1, 0.15) is 31.2 Å². The van der Waals surface area contributed by atoms with Gasteiger partial charge in [0.25, 0.3) is 0 Å². The second-order valence-corrected chi connectivity index (χ2v) is 4.80. The van der Waals surface area contributed by atoms with Gasteiger partial charge in [-0.2, -0.15) is 5.10 Å². The molecule has 0 bridgehead atoms. The third-order valence-electron chi connectivity index (χ3n) is 3.28. The molecule has 0 aromatic carbocycles. The van der Waals surface area contributed by atoms with E-state index < -0.39 is 0 Å². The van der Waals surface area contributed by atoms with Crippen molar-refractivity contribution in [3.63, 3.8) is 0 Å². The highest BCUT2D eigenvalue weighted by molar-refractivity contribution is 5.03. The minimum Gasteiger partial charge on any atom is -0.377 e. The van der Waals surface area contributed by atoms with Crippen LogP contribution in [-0.2, 0) is 18.2 Å². The summed E-state index contributed by atoms with van der Waals surface area (Å²) in [5.74, 6) is 0. The number of hydrogen-bond donors (Lipinski definition) is 1. The molecule has 0 spiro atoms. The van der Waals surface area contributed by atoms with Crippen LogP contribution in [0.25, 0.3) is 0 Å². The van der Waals surface area contributed by atoms with Gasteiger partial charge in [-0.1, -0.05) is 12.8 Å². The first kappa shape index (κ1) is 12.6. The number of aryl methyl sites for hydroxylation is 1. The van der Waals surface area contributed by atoms with Crippen molar-refractivity contribution in [1.82, 2.24) is 15.1 Å². The first-order chi connectivity index (χ1) is 8.34. The first-order valence-corrected chi connectivity index (χ1v) is 6.64. The van der Waals surface area contributed by atoms with Crippen LogP contribution in [-0.4, -0.2) is 35.6 Å². The summed E-state index contributed by atoms with van der Waals surface area (Å²) in [6, 6.07) is 0. The monoisotopic (exact) mass is 237 g/mol. The van der Waals surface area contributed by atoms with Gasteiger partial charge in [0.15, 0.2) is 0 Å². The zero-order valence-corrected chi connectivity index (χ0v) is 10.7. The Kier molecular flexibility index (Phi) is 5.01. The Morgan fingerprint density at radius 2 is 2.24 bits per heavy atom. The summed E-state index contributed by atoms with van der Waals surface area (Å²) in [7, 11) is 1.95. The van der Waals surface area contributed by atoms with E-state index in [0.717, 1.165) is 26.1 Å². The average molecular weight is 237 g/mol. The molecule has 4 heteroatoms. The Morgan fingerprint density at radius 3 is 2.94 bits per heavy atom. The van der Waals surface area contributed by atoms with E-state index in [9.17, 15) is 0 Å². The fourth-order valence-corrected chi connectivity index (χ4v) is 2.31. The van der Waals surface area contributed by atoms with Gasteiger partial charge in [0.05, 0.1) is 18.9 Å². The molecule has 1 aromatic heterocycles. The third kappa shape index (κ3) is 4.48. The molecule has 0 amide bonds. The maximum Gasteiger partial charge on any atom is 0.0594 e. The van der Waals surface area contributed by atoms with Crippen molar-refractivity contribution in [2.24, 2.45) is 7.05 Å². The van der Waals surface area contributed by atoms with E-state index in [4.69, 9.17) is 4.74 Å². The summed E-state index contributed by atoms with van der Waals surface area (Å²) in [6.07, 6.45) is 10.8. The highest BCUT2D eigenvalue weighted by atomic mass is 16.5. The van der Waals surface area contributed by atoms with Crippen LogP contribution in [0.5, 0.6) is 0 Å². The zero-order valence-electron chi connectivity index (χ0n) is 10.7. The predicted molar refractivity (Wildman–Crippen MR) is 68.0 cm³/mol. The second-order valence-electron chi connectivity index (χ2n) is 4.80. The van der Waals surface area contributed by atoms with E-state index >= 15 is 0 Å². The number of nitrogens with zero attached hydrogens (tertiary/aromatic N) is 2. The molecule has 0 aliphatic heterocycles. The maximum absolute atomic E-state index is 5.78. The Labute approximate surface area is 103 Å².